The fraction of sp³-hybridized carbons (Fsp3) is 0.600. The molecule has 0 radical (unpaired) electrons. The SMILES string of the molecule is CCN1CCC[C@H]1CNC(=O)c1nn(CCOC)c2c1CN(Cc1ccc(C(F)(F)F)cc1)CC2. The predicted molar refractivity (Wildman–Crippen MR) is 126 cm³/mol. The van der Waals surface area contributed by atoms with Gasteiger partial charge < -0.3 is 10.1 Å². The van der Waals surface area contributed by atoms with E-state index < -0.39 is 11.7 Å². The highest BCUT2D eigenvalue weighted by Crippen LogP contribution is 2.30. The smallest absolute Gasteiger partial charge is 0.383 e. The van der Waals surface area contributed by atoms with Crippen molar-refractivity contribution in [3.8, 4) is 0 Å². The zero-order valence-electron chi connectivity index (χ0n) is 20.4. The molecular formula is C25H34F3N5O2. The van der Waals surface area contributed by atoms with E-state index in [4.69, 9.17) is 4.74 Å². The molecular weight excluding hydrogens is 459 g/mol. The van der Waals surface area contributed by atoms with Gasteiger partial charge >= 0.3 is 6.18 Å². The molecule has 2 aliphatic rings. The minimum atomic E-state index is -4.34. The summed E-state index contributed by atoms with van der Waals surface area (Å²) in [6.45, 7) is 7.61. The Morgan fingerprint density at radius 1 is 1.23 bits per heavy atom. The van der Waals surface area contributed by atoms with Gasteiger partial charge in [-0.3, -0.25) is 19.3 Å². The van der Waals surface area contributed by atoms with Crippen LogP contribution in [0.25, 0.3) is 0 Å². The molecule has 1 saturated heterocycles. The van der Waals surface area contributed by atoms with E-state index in [1.165, 1.54) is 12.1 Å². The van der Waals surface area contributed by atoms with Crippen molar-refractivity contribution in [2.75, 3.05) is 39.9 Å². The number of likely N-dealkylation sites (N-methyl/N-ethyl adjacent to an activating group) is 1. The van der Waals surface area contributed by atoms with Crippen LogP contribution in [0.2, 0.25) is 0 Å². The number of likely N-dealkylation sites (tertiary alicyclic amines) is 1. The van der Waals surface area contributed by atoms with Crippen LogP contribution in [0.4, 0.5) is 13.2 Å². The third kappa shape index (κ3) is 6.05. The number of nitrogens with zero attached hydrogens (tertiary/aromatic N) is 4. The van der Waals surface area contributed by atoms with Crippen molar-refractivity contribution in [2.45, 2.75) is 58.0 Å². The van der Waals surface area contributed by atoms with Gasteiger partial charge in [0.1, 0.15) is 0 Å². The molecule has 7 nitrogen and oxygen atoms in total. The Morgan fingerprint density at radius 2 is 2.00 bits per heavy atom. The highest BCUT2D eigenvalue weighted by atomic mass is 19.4. The first-order chi connectivity index (χ1) is 16.8. The molecule has 1 aromatic heterocycles. The van der Waals surface area contributed by atoms with Crippen molar-refractivity contribution in [2.24, 2.45) is 0 Å². The van der Waals surface area contributed by atoms with Gasteiger partial charge in [0.25, 0.3) is 5.91 Å². The fourth-order valence-electron chi connectivity index (χ4n) is 5.12. The molecule has 0 saturated carbocycles. The molecule has 10 heteroatoms. The molecule has 2 aromatic rings. The molecule has 3 heterocycles. The van der Waals surface area contributed by atoms with Crippen LogP contribution in [0.3, 0.4) is 0 Å². The maximum Gasteiger partial charge on any atom is 0.416 e. The number of amides is 1. The number of alkyl halides is 3. The first-order valence-electron chi connectivity index (χ1n) is 12.3. The summed E-state index contributed by atoms with van der Waals surface area (Å²) in [5.41, 5.74) is 2.53. The van der Waals surface area contributed by atoms with E-state index in [1.54, 1.807) is 7.11 Å². The number of hydrogen-bond donors (Lipinski definition) is 1. The van der Waals surface area contributed by atoms with Gasteiger partial charge in [-0.25, -0.2) is 0 Å². The summed E-state index contributed by atoms with van der Waals surface area (Å²) in [5, 5.41) is 7.75. The summed E-state index contributed by atoms with van der Waals surface area (Å²) in [6.07, 6.45) is -1.40. The van der Waals surface area contributed by atoms with E-state index in [1.807, 2.05) is 4.68 Å². The number of fused-ring (bicyclic) bond motifs is 1. The first kappa shape index (κ1) is 25.7. The van der Waals surface area contributed by atoms with Crippen LogP contribution in [0, 0.1) is 0 Å². The van der Waals surface area contributed by atoms with Crippen LogP contribution in [0.15, 0.2) is 24.3 Å². The Kier molecular flexibility index (Phi) is 8.13. The molecule has 1 amide bonds. The third-order valence-electron chi connectivity index (χ3n) is 7.03. The summed E-state index contributed by atoms with van der Waals surface area (Å²) < 4.78 is 45.8. The standard InChI is InChI=1S/C25H34F3N5O2/c1-3-32-11-4-5-20(32)15-29-24(34)23-21-17-31(12-10-22(21)33(30-23)13-14-35-2)16-18-6-8-19(9-7-18)25(26,27)28/h6-9,20H,3-5,10-17H2,1-2H3,(H,29,34)/t20-/m0/s1. The third-order valence-corrected chi connectivity index (χ3v) is 7.03. The number of ether oxygens (including phenoxy) is 1. The molecule has 4 rings (SSSR count). The number of nitrogens with one attached hydrogen (secondary N) is 1. The molecule has 2 aliphatic heterocycles. The quantitative estimate of drug-likeness (QED) is 0.581. The van der Waals surface area contributed by atoms with Gasteiger partial charge in [-0.1, -0.05) is 19.1 Å². The first-order valence-corrected chi connectivity index (χ1v) is 12.3. The number of aromatic nitrogens is 2. The number of methoxy groups -OCH3 is 1. The number of hydrogen-bond acceptors (Lipinski definition) is 5. The Labute approximate surface area is 204 Å². The monoisotopic (exact) mass is 493 g/mol. The Morgan fingerprint density at radius 3 is 2.69 bits per heavy atom. The van der Waals surface area contributed by atoms with Gasteiger partial charge in [0, 0.05) is 57.0 Å². The topological polar surface area (TPSA) is 62.6 Å². The molecule has 35 heavy (non-hydrogen) atoms. The zero-order valence-corrected chi connectivity index (χ0v) is 20.4. The lowest BCUT2D eigenvalue weighted by Gasteiger charge is -2.28. The minimum absolute atomic E-state index is 0.170. The molecule has 1 N–H and O–H groups in total. The second kappa shape index (κ2) is 11.1. The van der Waals surface area contributed by atoms with Crippen molar-refractivity contribution in [1.29, 1.82) is 0 Å². The van der Waals surface area contributed by atoms with Crippen LogP contribution in [-0.4, -0.2) is 71.4 Å². The highest BCUT2D eigenvalue weighted by Gasteiger charge is 2.31. The van der Waals surface area contributed by atoms with Gasteiger partial charge in [0.05, 0.1) is 18.7 Å². The molecule has 192 valence electrons. The fourth-order valence-corrected chi connectivity index (χ4v) is 5.12. The van der Waals surface area contributed by atoms with Crippen LogP contribution in [0.1, 0.15) is 52.6 Å². The molecule has 1 atom stereocenters. The summed E-state index contributed by atoms with van der Waals surface area (Å²) in [6, 6.07) is 5.64. The van der Waals surface area contributed by atoms with E-state index in [-0.39, 0.29) is 5.91 Å². The van der Waals surface area contributed by atoms with Crippen molar-refractivity contribution in [1.82, 2.24) is 24.9 Å². The zero-order chi connectivity index (χ0) is 25.0. The summed E-state index contributed by atoms with van der Waals surface area (Å²) in [5.74, 6) is -0.170. The lowest BCUT2D eigenvalue weighted by molar-refractivity contribution is -0.137. The molecule has 0 unspecified atom stereocenters. The van der Waals surface area contributed by atoms with E-state index in [2.05, 4.69) is 27.1 Å². The average molecular weight is 494 g/mol. The molecule has 1 fully saturated rings. The predicted octanol–water partition coefficient (Wildman–Crippen LogP) is 3.32. The number of halogens is 3. The van der Waals surface area contributed by atoms with Crippen LogP contribution in [0.5, 0.6) is 0 Å². The van der Waals surface area contributed by atoms with E-state index >= 15 is 0 Å². The van der Waals surface area contributed by atoms with E-state index in [9.17, 15) is 18.0 Å². The van der Waals surface area contributed by atoms with Gasteiger partial charge in [-0.05, 0) is 43.6 Å². The van der Waals surface area contributed by atoms with E-state index in [0.717, 1.165) is 61.4 Å². The van der Waals surface area contributed by atoms with Crippen molar-refractivity contribution in [3.05, 3.63) is 52.3 Å². The Balaban J connectivity index is 1.47. The summed E-state index contributed by atoms with van der Waals surface area (Å²) in [7, 11) is 1.64. The Hall–Kier alpha value is -2.43. The van der Waals surface area contributed by atoms with Gasteiger partial charge in [-0.2, -0.15) is 18.3 Å². The Bertz CT molecular complexity index is 1010. The molecule has 0 spiro atoms. The number of benzene rings is 1. The number of carbonyl (C=O) groups is 1. The van der Waals surface area contributed by atoms with Crippen LogP contribution in [-0.2, 0) is 37.0 Å². The second-order valence-electron chi connectivity index (χ2n) is 9.28. The van der Waals surface area contributed by atoms with Crippen molar-refractivity contribution < 1.29 is 22.7 Å². The largest absolute Gasteiger partial charge is 0.416 e. The summed E-state index contributed by atoms with van der Waals surface area (Å²) in [4.78, 5) is 17.7. The second-order valence-corrected chi connectivity index (χ2v) is 9.28. The lowest BCUT2D eigenvalue weighted by Crippen LogP contribution is -2.40. The van der Waals surface area contributed by atoms with Crippen LogP contribution >= 0.6 is 0 Å². The number of rotatable bonds is 9. The van der Waals surface area contributed by atoms with E-state index in [0.29, 0.717) is 50.9 Å². The van der Waals surface area contributed by atoms with Gasteiger partial charge in [0.2, 0.25) is 0 Å². The minimum Gasteiger partial charge on any atom is -0.383 e. The maximum absolute atomic E-state index is 13.2. The maximum atomic E-state index is 13.2. The highest BCUT2D eigenvalue weighted by molar-refractivity contribution is 5.94. The van der Waals surface area contributed by atoms with Crippen molar-refractivity contribution >= 4 is 5.91 Å². The number of carbonyl (C=O) groups excluding carboxylic acids is 1. The van der Waals surface area contributed by atoms with Crippen LogP contribution < -0.4 is 5.32 Å². The molecule has 0 bridgehead atoms. The molecule has 0 aliphatic carbocycles. The van der Waals surface area contributed by atoms with Gasteiger partial charge in [0.15, 0.2) is 5.69 Å². The summed E-state index contributed by atoms with van der Waals surface area (Å²) >= 11 is 0. The lowest BCUT2D eigenvalue weighted by atomic mass is 10.0. The average Bonchev–Trinajstić information content (AvgIpc) is 3.45. The van der Waals surface area contributed by atoms with Gasteiger partial charge in [-0.15, -0.1) is 0 Å². The van der Waals surface area contributed by atoms with Crippen molar-refractivity contribution in [3.63, 3.8) is 0 Å². The molecule has 1 aromatic carbocycles. The normalized spacial score (nSPS) is 19.2.